The molecule has 64 heavy (non-hydrogen) atoms. The summed E-state index contributed by atoms with van der Waals surface area (Å²) < 4.78 is 97.4. The number of allylic oxidation sites excluding steroid dienone is 1. The monoisotopic (exact) mass is 959 g/mol. The van der Waals surface area contributed by atoms with Crippen LogP contribution in [0, 0.1) is 5.41 Å². The van der Waals surface area contributed by atoms with Crippen molar-refractivity contribution in [2.45, 2.75) is 79.1 Å². The van der Waals surface area contributed by atoms with Gasteiger partial charge in [0.05, 0.1) is 10.6 Å². The summed E-state index contributed by atoms with van der Waals surface area (Å²) >= 11 is 7.64. The molecule has 0 aromatic heterocycles. The third kappa shape index (κ3) is 12.8. The van der Waals surface area contributed by atoms with Gasteiger partial charge in [-0.05, 0) is 136 Å². The van der Waals surface area contributed by atoms with Gasteiger partial charge in [-0.3, -0.25) is 9.69 Å². The number of piperazine rings is 1. The van der Waals surface area contributed by atoms with Crippen molar-refractivity contribution in [2.75, 3.05) is 68.8 Å². The van der Waals surface area contributed by atoms with E-state index in [0.717, 1.165) is 87.7 Å². The average molecular weight is 961 g/mol. The van der Waals surface area contributed by atoms with Crippen LogP contribution in [0.25, 0.3) is 5.57 Å². The van der Waals surface area contributed by atoms with Gasteiger partial charge in [-0.2, -0.15) is 13.2 Å². The van der Waals surface area contributed by atoms with Gasteiger partial charge in [-0.1, -0.05) is 68.3 Å². The number of thioether (sulfide) groups is 1. The number of alkyl halides is 3. The van der Waals surface area contributed by atoms with E-state index in [1.165, 1.54) is 40.6 Å². The van der Waals surface area contributed by atoms with Crippen molar-refractivity contribution in [3.63, 3.8) is 0 Å². The Kier molecular flexibility index (Phi) is 16.2. The predicted molar refractivity (Wildman–Crippen MR) is 252 cm³/mol. The van der Waals surface area contributed by atoms with Crippen LogP contribution >= 0.6 is 23.4 Å². The molecule has 1 fully saturated rings. The normalized spacial score (nSPS) is 16.8. The minimum absolute atomic E-state index is 0.000706. The zero-order valence-corrected chi connectivity index (χ0v) is 39.8. The van der Waals surface area contributed by atoms with Gasteiger partial charge in [-0.15, -0.1) is 11.8 Å². The lowest BCUT2D eigenvalue weighted by Crippen LogP contribution is -2.47. The molecule has 0 unspecified atom stereocenters. The number of sulfone groups is 1. The lowest BCUT2D eigenvalue weighted by molar-refractivity contribution is -0.0435. The number of amides is 1. The smallest absolute Gasteiger partial charge is 0.380 e. The SMILES string of the molecule is CCCN(C)CC[C@H](CSc1ccccc1)Nc1ccc(S(=O)(=O)NC(=O)c2ccc(N3CCN(CC4=C(c5ccc(Cl)cc5)CCC(C)(C)C4)CC3)cc2)cc1S(=O)(=O)C(F)(F)F. The number of carbonyl (C=O) groups excluding carboxylic acids is 1. The fourth-order valence-corrected chi connectivity index (χ4v) is 11.3. The van der Waals surface area contributed by atoms with E-state index in [2.05, 4.69) is 46.0 Å². The quantitative estimate of drug-likeness (QED) is 0.0934. The standard InChI is InChI=1S/C47H57ClF3N5O5S3/c1-5-24-54(4)25-22-38(33-62-40-9-7-6-8-10-40)52-43-20-19-41(30-44(43)63(58,59)47(49,50)51)64(60,61)53-45(57)35-13-17-39(18-14-35)56-28-26-55(27-29-56)32-36-31-46(2,3)23-21-42(36)34-11-15-37(48)16-12-34/h6-20,30,38,52H,5,21-29,31-33H2,1-4H3,(H,53,57)/t38-/m1/s1. The molecule has 10 nitrogen and oxygen atoms in total. The number of hydrogen-bond acceptors (Lipinski definition) is 10. The summed E-state index contributed by atoms with van der Waals surface area (Å²) in [5.41, 5.74) is -0.992. The van der Waals surface area contributed by atoms with E-state index in [9.17, 15) is 34.8 Å². The van der Waals surface area contributed by atoms with Crippen molar-refractivity contribution in [3.8, 4) is 0 Å². The zero-order valence-electron chi connectivity index (χ0n) is 36.6. The van der Waals surface area contributed by atoms with E-state index in [1.54, 1.807) is 12.1 Å². The summed E-state index contributed by atoms with van der Waals surface area (Å²) in [5, 5.41) is 3.70. The van der Waals surface area contributed by atoms with Crippen LogP contribution in [0.1, 0.15) is 68.8 Å². The lowest BCUT2D eigenvalue weighted by atomic mass is 9.73. The van der Waals surface area contributed by atoms with Crippen LogP contribution in [0.15, 0.2) is 117 Å². The van der Waals surface area contributed by atoms with Crippen LogP contribution in [0.3, 0.4) is 0 Å². The first-order chi connectivity index (χ1) is 30.2. The molecule has 0 radical (unpaired) electrons. The van der Waals surface area contributed by atoms with Crippen molar-refractivity contribution in [1.82, 2.24) is 14.5 Å². The van der Waals surface area contributed by atoms with E-state index in [1.807, 2.05) is 61.2 Å². The molecule has 0 bridgehead atoms. The molecule has 1 amide bonds. The third-order valence-corrected chi connectivity index (χ3v) is 16.0. The number of hydrogen-bond donors (Lipinski definition) is 2. The molecule has 17 heteroatoms. The minimum atomic E-state index is -6.04. The van der Waals surface area contributed by atoms with Crippen LogP contribution in [-0.4, -0.2) is 103 Å². The van der Waals surface area contributed by atoms with Gasteiger partial charge >= 0.3 is 5.51 Å². The Morgan fingerprint density at radius 1 is 0.906 bits per heavy atom. The number of halogens is 4. The van der Waals surface area contributed by atoms with Gasteiger partial charge in [0.2, 0.25) is 0 Å². The Bertz CT molecular complexity index is 2480. The molecular weight excluding hydrogens is 903 g/mol. The Hall–Kier alpha value is -4.06. The molecule has 2 aliphatic rings. The summed E-state index contributed by atoms with van der Waals surface area (Å²) in [4.78, 5) is 18.9. The molecule has 6 rings (SSSR count). The molecule has 1 aliphatic heterocycles. The summed E-state index contributed by atoms with van der Waals surface area (Å²) in [7, 11) is -8.95. The maximum atomic E-state index is 14.1. The van der Waals surface area contributed by atoms with E-state index in [4.69, 9.17) is 11.6 Å². The molecular formula is C47H57ClF3N5O5S3. The van der Waals surface area contributed by atoms with Crippen LogP contribution in [-0.2, 0) is 19.9 Å². The number of nitrogens with one attached hydrogen (secondary N) is 2. The Morgan fingerprint density at radius 3 is 2.22 bits per heavy atom. The predicted octanol–water partition coefficient (Wildman–Crippen LogP) is 9.84. The van der Waals surface area contributed by atoms with Crippen molar-refractivity contribution < 1.29 is 34.8 Å². The van der Waals surface area contributed by atoms with Crippen LogP contribution in [0.5, 0.6) is 0 Å². The van der Waals surface area contributed by atoms with E-state index in [-0.39, 0.29) is 11.0 Å². The zero-order chi connectivity index (χ0) is 46.3. The third-order valence-electron chi connectivity index (χ3n) is 11.7. The van der Waals surface area contributed by atoms with Gasteiger partial charge in [0, 0.05) is 65.7 Å². The van der Waals surface area contributed by atoms with Gasteiger partial charge < -0.3 is 15.1 Å². The summed E-state index contributed by atoms with van der Waals surface area (Å²) in [5.74, 6) is -0.641. The second kappa shape index (κ2) is 21.1. The van der Waals surface area contributed by atoms with E-state index < -0.39 is 52.8 Å². The molecule has 0 saturated carbocycles. The number of benzene rings is 4. The number of anilines is 2. The molecule has 4 aromatic rings. The minimum Gasteiger partial charge on any atom is -0.380 e. The highest BCUT2D eigenvalue weighted by atomic mass is 35.5. The summed E-state index contributed by atoms with van der Waals surface area (Å²) in [6, 6.07) is 25.8. The highest BCUT2D eigenvalue weighted by molar-refractivity contribution is 7.99. The van der Waals surface area contributed by atoms with Crippen LogP contribution in [0.4, 0.5) is 24.5 Å². The highest BCUT2D eigenvalue weighted by Gasteiger charge is 2.48. The molecule has 1 atom stereocenters. The lowest BCUT2D eigenvalue weighted by Gasteiger charge is -2.39. The topological polar surface area (TPSA) is 119 Å². The molecule has 1 saturated heterocycles. The summed E-state index contributed by atoms with van der Waals surface area (Å²) in [6.07, 6.45) is 4.50. The molecule has 1 aliphatic carbocycles. The number of carbonyl (C=O) groups is 1. The van der Waals surface area contributed by atoms with E-state index >= 15 is 0 Å². The molecule has 2 N–H and O–H groups in total. The second-order valence-electron chi connectivity index (χ2n) is 17.3. The maximum absolute atomic E-state index is 14.1. The fraction of sp³-hybridized carbons (Fsp3) is 0.426. The van der Waals surface area contributed by atoms with Crippen molar-refractivity contribution in [1.29, 1.82) is 0 Å². The van der Waals surface area contributed by atoms with Crippen LogP contribution < -0.4 is 14.9 Å². The average Bonchev–Trinajstić information content (AvgIpc) is 3.25. The number of rotatable bonds is 18. The van der Waals surface area contributed by atoms with E-state index in [0.29, 0.717) is 29.8 Å². The Morgan fingerprint density at radius 2 is 1.58 bits per heavy atom. The highest BCUT2D eigenvalue weighted by Crippen LogP contribution is 2.43. The Balaban J connectivity index is 1.13. The van der Waals surface area contributed by atoms with Crippen LogP contribution in [0.2, 0.25) is 5.02 Å². The fourth-order valence-electron chi connectivity index (χ4n) is 8.20. The maximum Gasteiger partial charge on any atom is 0.501 e. The van der Waals surface area contributed by atoms with Crippen molar-refractivity contribution >= 4 is 66.1 Å². The molecule has 0 spiro atoms. The largest absolute Gasteiger partial charge is 0.501 e. The van der Waals surface area contributed by atoms with Gasteiger partial charge in [0.25, 0.3) is 25.8 Å². The molecule has 346 valence electrons. The second-order valence-corrected chi connectivity index (χ2v) is 22.5. The van der Waals surface area contributed by atoms with Gasteiger partial charge in [0.1, 0.15) is 4.90 Å². The Labute approximate surface area is 385 Å². The first kappa shape index (κ1) is 49.4. The summed E-state index contributed by atoms with van der Waals surface area (Å²) in [6.45, 7) is 12.0. The molecule has 4 aromatic carbocycles. The number of nitrogens with zero attached hydrogens (tertiary/aromatic N) is 3. The first-order valence-corrected chi connectivity index (χ1v) is 25.8. The first-order valence-electron chi connectivity index (χ1n) is 21.4. The van der Waals surface area contributed by atoms with Gasteiger partial charge in [0.15, 0.2) is 0 Å². The van der Waals surface area contributed by atoms with Crippen molar-refractivity contribution in [2.24, 2.45) is 5.41 Å². The number of sulfonamides is 1. The molecule has 1 heterocycles. The van der Waals surface area contributed by atoms with Crippen molar-refractivity contribution in [3.05, 3.63) is 119 Å². The van der Waals surface area contributed by atoms with Gasteiger partial charge in [-0.25, -0.2) is 21.6 Å².